The molecule has 6 nitrogen and oxygen atoms in total. The van der Waals surface area contributed by atoms with Crippen molar-refractivity contribution in [2.24, 2.45) is 0 Å². The van der Waals surface area contributed by atoms with E-state index in [2.05, 4.69) is 20.6 Å². The highest BCUT2D eigenvalue weighted by Gasteiger charge is 2.40. The number of hydrogen-bond acceptors (Lipinski definition) is 3. The third-order valence-electron chi connectivity index (χ3n) is 4.92. The Morgan fingerprint density at radius 3 is 2.88 bits per heavy atom. The van der Waals surface area contributed by atoms with Gasteiger partial charge in [0.25, 0.3) is 5.91 Å². The minimum atomic E-state index is -4.40. The highest BCUT2D eigenvalue weighted by molar-refractivity contribution is 5.92. The molecule has 4 rings (SSSR count). The van der Waals surface area contributed by atoms with Crippen LogP contribution in [0.25, 0.3) is 0 Å². The summed E-state index contributed by atoms with van der Waals surface area (Å²) in [5.41, 5.74) is 1.56. The van der Waals surface area contributed by atoms with Crippen LogP contribution in [0, 0.1) is 0 Å². The smallest absolute Gasteiger partial charge is 0.351 e. The first-order chi connectivity index (χ1) is 12.4. The zero-order valence-corrected chi connectivity index (χ0v) is 14.2. The summed E-state index contributed by atoms with van der Waals surface area (Å²) >= 11 is 0. The van der Waals surface area contributed by atoms with Crippen LogP contribution in [-0.4, -0.2) is 32.4 Å². The van der Waals surface area contributed by atoms with E-state index >= 15 is 0 Å². The maximum atomic E-state index is 13.3. The van der Waals surface area contributed by atoms with Crippen LogP contribution >= 0.6 is 0 Å². The average molecular weight is 367 g/mol. The largest absolute Gasteiger partial charge is 0.433 e. The number of rotatable bonds is 6. The molecule has 140 valence electrons. The Labute approximate surface area is 148 Å². The zero-order chi connectivity index (χ0) is 18.3. The molecule has 0 radical (unpaired) electrons. The van der Waals surface area contributed by atoms with Gasteiger partial charge in [0, 0.05) is 30.3 Å². The lowest BCUT2D eigenvalue weighted by atomic mass is 10.2. The summed E-state index contributed by atoms with van der Waals surface area (Å²) < 4.78 is 41.0. The van der Waals surface area contributed by atoms with Crippen LogP contribution in [0.5, 0.6) is 0 Å². The second-order valence-electron chi connectivity index (χ2n) is 6.94. The van der Waals surface area contributed by atoms with Crippen molar-refractivity contribution in [3.8, 4) is 0 Å². The molecule has 1 fully saturated rings. The molecule has 0 spiro atoms. The van der Waals surface area contributed by atoms with Crippen molar-refractivity contribution >= 4 is 5.91 Å². The average Bonchev–Trinajstić information content (AvgIpc) is 3.00. The van der Waals surface area contributed by atoms with E-state index in [-0.39, 0.29) is 19.0 Å². The number of aryl methyl sites for hydroxylation is 2. The third-order valence-corrected chi connectivity index (χ3v) is 4.92. The normalized spacial score (nSPS) is 16.7. The Kier molecular flexibility index (Phi) is 4.24. The minimum absolute atomic E-state index is 0.121. The lowest BCUT2D eigenvalue weighted by molar-refractivity contribution is -0.144. The molecule has 0 bridgehead atoms. The van der Waals surface area contributed by atoms with Gasteiger partial charge in [0.1, 0.15) is 11.4 Å². The van der Waals surface area contributed by atoms with Crippen LogP contribution < -0.4 is 5.32 Å². The second-order valence-corrected chi connectivity index (χ2v) is 6.94. The first-order valence-electron chi connectivity index (χ1n) is 8.92. The van der Waals surface area contributed by atoms with Gasteiger partial charge in [0.2, 0.25) is 0 Å². The lowest BCUT2D eigenvalue weighted by Crippen LogP contribution is -2.26. The molecule has 2 N–H and O–H groups in total. The standard InChI is InChI=1S/C17H20F3N5O/c18-17(19,20)15-11-3-1-4-12(11)24-25(15)8-2-7-21-16(26)14-9-13(22-23-14)10-5-6-10/h9-10H,1-8H2,(H,21,26)(H,22,23). The van der Waals surface area contributed by atoms with Gasteiger partial charge in [-0.2, -0.15) is 23.4 Å². The number of fused-ring (bicyclic) bond motifs is 1. The number of aromatic amines is 1. The Bertz CT molecular complexity index is 819. The zero-order valence-electron chi connectivity index (χ0n) is 14.2. The van der Waals surface area contributed by atoms with E-state index in [4.69, 9.17) is 0 Å². The van der Waals surface area contributed by atoms with Crippen LogP contribution in [0.4, 0.5) is 13.2 Å². The van der Waals surface area contributed by atoms with Crippen molar-refractivity contribution in [3.63, 3.8) is 0 Å². The maximum absolute atomic E-state index is 13.3. The topological polar surface area (TPSA) is 75.6 Å². The summed E-state index contributed by atoms with van der Waals surface area (Å²) in [5.74, 6) is 0.166. The van der Waals surface area contributed by atoms with Gasteiger partial charge in [-0.25, -0.2) is 0 Å². The molecule has 0 unspecified atom stereocenters. The van der Waals surface area contributed by atoms with Gasteiger partial charge in [-0.15, -0.1) is 0 Å². The predicted molar refractivity (Wildman–Crippen MR) is 86.8 cm³/mol. The number of hydrogen-bond donors (Lipinski definition) is 2. The van der Waals surface area contributed by atoms with Crippen molar-refractivity contribution in [3.05, 3.63) is 34.4 Å². The first-order valence-corrected chi connectivity index (χ1v) is 8.92. The molecule has 9 heteroatoms. The molecule has 0 aliphatic heterocycles. The Hall–Kier alpha value is -2.32. The van der Waals surface area contributed by atoms with Crippen LogP contribution in [0.1, 0.15) is 64.7 Å². The molecule has 0 aromatic carbocycles. The van der Waals surface area contributed by atoms with Crippen molar-refractivity contribution in [1.29, 1.82) is 0 Å². The van der Waals surface area contributed by atoms with Gasteiger partial charge in [-0.3, -0.25) is 14.6 Å². The molecular formula is C17H20F3N5O. The maximum Gasteiger partial charge on any atom is 0.433 e. The predicted octanol–water partition coefficient (Wildman–Crippen LogP) is 2.81. The number of carbonyl (C=O) groups excluding carboxylic acids is 1. The van der Waals surface area contributed by atoms with E-state index in [0.29, 0.717) is 42.1 Å². The van der Waals surface area contributed by atoms with Gasteiger partial charge in [-0.1, -0.05) is 0 Å². The van der Waals surface area contributed by atoms with E-state index < -0.39 is 11.9 Å². The Morgan fingerprint density at radius 2 is 2.15 bits per heavy atom. The SMILES string of the molecule is O=C(NCCCn1nc2c(c1C(F)(F)F)CCC2)c1cc(C2CC2)[nH]n1. The van der Waals surface area contributed by atoms with Crippen molar-refractivity contribution < 1.29 is 18.0 Å². The number of carbonyl (C=O) groups is 1. The van der Waals surface area contributed by atoms with E-state index in [1.54, 1.807) is 6.07 Å². The van der Waals surface area contributed by atoms with Gasteiger partial charge >= 0.3 is 6.18 Å². The summed E-state index contributed by atoms with van der Waals surface area (Å²) in [6.45, 7) is 0.391. The molecule has 2 aliphatic rings. The van der Waals surface area contributed by atoms with E-state index in [1.807, 2.05) is 0 Å². The van der Waals surface area contributed by atoms with Gasteiger partial charge in [0.15, 0.2) is 0 Å². The molecule has 26 heavy (non-hydrogen) atoms. The fourth-order valence-corrected chi connectivity index (χ4v) is 3.50. The molecule has 2 aromatic heterocycles. The van der Waals surface area contributed by atoms with Crippen LogP contribution in [0.15, 0.2) is 6.07 Å². The van der Waals surface area contributed by atoms with Gasteiger partial charge in [0.05, 0.1) is 5.69 Å². The van der Waals surface area contributed by atoms with Gasteiger partial charge in [-0.05, 0) is 44.6 Å². The van der Waals surface area contributed by atoms with Crippen molar-refractivity contribution in [1.82, 2.24) is 25.3 Å². The van der Waals surface area contributed by atoms with E-state index in [1.165, 1.54) is 0 Å². The molecule has 0 saturated heterocycles. The summed E-state index contributed by atoms with van der Waals surface area (Å²) in [7, 11) is 0. The summed E-state index contributed by atoms with van der Waals surface area (Å²) in [5, 5.41) is 13.7. The molecule has 2 aromatic rings. The number of H-pyrrole nitrogens is 1. The molecule has 2 heterocycles. The quantitative estimate of drug-likeness (QED) is 0.771. The monoisotopic (exact) mass is 367 g/mol. The number of nitrogens with one attached hydrogen (secondary N) is 2. The van der Waals surface area contributed by atoms with Crippen LogP contribution in [0.2, 0.25) is 0 Å². The van der Waals surface area contributed by atoms with Crippen molar-refractivity contribution in [2.45, 2.75) is 57.2 Å². The molecule has 0 atom stereocenters. The van der Waals surface area contributed by atoms with Gasteiger partial charge < -0.3 is 5.32 Å². The molecule has 1 saturated carbocycles. The molecular weight excluding hydrogens is 347 g/mol. The van der Waals surface area contributed by atoms with Crippen molar-refractivity contribution in [2.75, 3.05) is 6.54 Å². The van der Waals surface area contributed by atoms with Crippen LogP contribution in [0.3, 0.4) is 0 Å². The highest BCUT2D eigenvalue weighted by atomic mass is 19.4. The number of amides is 1. The van der Waals surface area contributed by atoms with E-state index in [9.17, 15) is 18.0 Å². The fourth-order valence-electron chi connectivity index (χ4n) is 3.50. The number of alkyl halides is 3. The molecule has 2 aliphatic carbocycles. The van der Waals surface area contributed by atoms with Crippen LogP contribution in [-0.2, 0) is 25.6 Å². The summed E-state index contributed by atoms with van der Waals surface area (Å²) in [6, 6.07) is 1.74. The molecule has 1 amide bonds. The number of nitrogens with zero attached hydrogens (tertiary/aromatic N) is 3. The third kappa shape index (κ3) is 3.34. The van der Waals surface area contributed by atoms with E-state index in [0.717, 1.165) is 29.6 Å². The number of aromatic nitrogens is 4. The highest BCUT2D eigenvalue weighted by Crippen LogP contribution is 2.39. The summed E-state index contributed by atoms with van der Waals surface area (Å²) in [4.78, 5) is 12.1. The second kappa shape index (κ2) is 6.44. The number of halogens is 3. The minimum Gasteiger partial charge on any atom is -0.351 e. The Balaban J connectivity index is 1.33. The lowest BCUT2D eigenvalue weighted by Gasteiger charge is -2.12. The summed E-state index contributed by atoms with van der Waals surface area (Å²) in [6.07, 6.45) is -0.0484. The fraction of sp³-hybridized carbons (Fsp3) is 0.588. The Morgan fingerprint density at radius 1 is 1.35 bits per heavy atom. The first kappa shape index (κ1) is 17.1.